The topological polar surface area (TPSA) is 86.7 Å². The molecule has 0 aromatic heterocycles. The molecule has 1 fully saturated rings. The number of hydrogen-bond donors (Lipinski definition) is 1. The SMILES string of the molecule is CCOc1ccccc1N1Cc2ccc(NC(C)=O)cc2N=C1C(C)N1CCN(C(=O)COc2ccc(Cl)cc2)CC1. The fraction of sp³-hybridized carbons (Fsp3) is 0.344. The first-order chi connectivity index (χ1) is 20.3. The second kappa shape index (κ2) is 13.3. The Morgan fingerprint density at radius 2 is 1.74 bits per heavy atom. The lowest BCUT2D eigenvalue weighted by molar-refractivity contribution is -0.135. The predicted octanol–water partition coefficient (Wildman–Crippen LogP) is 5.36. The maximum Gasteiger partial charge on any atom is 0.260 e. The molecule has 1 atom stereocenters. The van der Waals surface area contributed by atoms with E-state index in [9.17, 15) is 9.59 Å². The zero-order valence-electron chi connectivity index (χ0n) is 24.2. The fourth-order valence-corrected chi connectivity index (χ4v) is 5.42. The molecule has 1 saturated heterocycles. The van der Waals surface area contributed by atoms with Crippen molar-refractivity contribution in [3.8, 4) is 11.5 Å². The molecular weight excluding hydrogens is 554 g/mol. The molecule has 42 heavy (non-hydrogen) atoms. The smallest absolute Gasteiger partial charge is 0.260 e. The normalized spacial score (nSPS) is 15.9. The van der Waals surface area contributed by atoms with Crippen molar-refractivity contribution < 1.29 is 19.1 Å². The molecule has 2 amide bonds. The van der Waals surface area contributed by atoms with Gasteiger partial charge in [0.05, 0.1) is 30.6 Å². The lowest BCUT2D eigenvalue weighted by Gasteiger charge is -2.42. The van der Waals surface area contributed by atoms with Gasteiger partial charge in [0.25, 0.3) is 5.91 Å². The molecule has 3 aromatic rings. The zero-order chi connectivity index (χ0) is 29.6. The van der Waals surface area contributed by atoms with Crippen molar-refractivity contribution in [1.29, 1.82) is 0 Å². The van der Waals surface area contributed by atoms with Crippen LogP contribution in [0.1, 0.15) is 26.3 Å². The average molecular weight is 590 g/mol. The van der Waals surface area contributed by atoms with Crippen LogP contribution >= 0.6 is 11.6 Å². The third kappa shape index (κ3) is 6.86. The maximum atomic E-state index is 12.9. The number of ether oxygens (including phenoxy) is 2. The van der Waals surface area contributed by atoms with Crippen LogP contribution in [0.4, 0.5) is 17.1 Å². The van der Waals surface area contributed by atoms with Crippen molar-refractivity contribution >= 4 is 46.3 Å². The number of halogens is 1. The van der Waals surface area contributed by atoms with Gasteiger partial charge >= 0.3 is 0 Å². The highest BCUT2D eigenvalue weighted by molar-refractivity contribution is 6.30. The van der Waals surface area contributed by atoms with Gasteiger partial charge in [-0.3, -0.25) is 14.5 Å². The lowest BCUT2D eigenvalue weighted by Crippen LogP contribution is -2.56. The number of amides is 2. The number of carbonyl (C=O) groups excluding carboxylic acids is 2. The number of benzene rings is 3. The van der Waals surface area contributed by atoms with Crippen LogP contribution < -0.4 is 19.7 Å². The zero-order valence-corrected chi connectivity index (χ0v) is 24.9. The van der Waals surface area contributed by atoms with E-state index in [1.54, 1.807) is 24.3 Å². The van der Waals surface area contributed by atoms with E-state index in [0.29, 0.717) is 55.8 Å². The molecular formula is C32H36ClN5O4. The van der Waals surface area contributed by atoms with Crippen molar-refractivity contribution in [2.24, 2.45) is 4.99 Å². The summed E-state index contributed by atoms with van der Waals surface area (Å²) in [4.78, 5) is 36.1. The minimum absolute atomic E-state index is 0.0146. The third-order valence-electron chi connectivity index (χ3n) is 7.47. The summed E-state index contributed by atoms with van der Waals surface area (Å²) >= 11 is 5.94. The number of nitrogens with zero attached hydrogens (tertiary/aromatic N) is 4. The standard InChI is InChI=1S/C32H36ClN5O4/c1-4-41-30-8-6-5-7-29(30)38-20-24-9-12-26(34-23(3)39)19-28(24)35-32(38)22(2)36-15-17-37(18-16-36)31(40)21-42-27-13-10-25(33)11-14-27/h5-14,19,22H,4,15-18,20-21H2,1-3H3,(H,34,39). The number of piperazine rings is 1. The second-order valence-electron chi connectivity index (χ2n) is 10.3. The van der Waals surface area contributed by atoms with Gasteiger partial charge < -0.3 is 24.6 Å². The number of carbonyl (C=O) groups is 2. The fourth-order valence-electron chi connectivity index (χ4n) is 5.29. The molecule has 1 N–H and O–H groups in total. The summed E-state index contributed by atoms with van der Waals surface area (Å²) in [6, 6.07) is 20.8. The number of amidine groups is 1. The highest BCUT2D eigenvalue weighted by Crippen LogP contribution is 2.37. The Kier molecular flexibility index (Phi) is 9.29. The van der Waals surface area contributed by atoms with E-state index in [1.807, 2.05) is 48.2 Å². The summed E-state index contributed by atoms with van der Waals surface area (Å²) in [5, 5.41) is 3.49. The van der Waals surface area contributed by atoms with Gasteiger partial charge in [-0.05, 0) is 67.9 Å². The summed E-state index contributed by atoms with van der Waals surface area (Å²) in [5.41, 5.74) is 3.56. The number of hydrogen-bond acceptors (Lipinski definition) is 7. The number of nitrogens with one attached hydrogen (secondary N) is 1. The van der Waals surface area contributed by atoms with E-state index >= 15 is 0 Å². The molecule has 2 aliphatic heterocycles. The molecule has 3 aromatic carbocycles. The van der Waals surface area contributed by atoms with Crippen molar-refractivity contribution in [3.05, 3.63) is 77.3 Å². The minimum Gasteiger partial charge on any atom is -0.492 e. The van der Waals surface area contributed by atoms with E-state index < -0.39 is 0 Å². The van der Waals surface area contributed by atoms with E-state index in [-0.39, 0.29) is 24.5 Å². The van der Waals surface area contributed by atoms with Gasteiger partial charge in [0, 0.05) is 43.8 Å². The Morgan fingerprint density at radius 1 is 1.00 bits per heavy atom. The van der Waals surface area contributed by atoms with Crippen LogP contribution in [0.5, 0.6) is 11.5 Å². The second-order valence-corrected chi connectivity index (χ2v) is 10.8. The first kappa shape index (κ1) is 29.4. The maximum absolute atomic E-state index is 12.9. The summed E-state index contributed by atoms with van der Waals surface area (Å²) in [7, 11) is 0. The highest BCUT2D eigenvalue weighted by atomic mass is 35.5. The molecule has 2 aliphatic rings. The third-order valence-corrected chi connectivity index (χ3v) is 7.72. The van der Waals surface area contributed by atoms with Crippen molar-refractivity contribution in [3.63, 3.8) is 0 Å². The van der Waals surface area contributed by atoms with Crippen molar-refractivity contribution in [1.82, 2.24) is 9.80 Å². The molecule has 10 heteroatoms. The highest BCUT2D eigenvalue weighted by Gasteiger charge is 2.33. The van der Waals surface area contributed by atoms with Gasteiger partial charge in [0.15, 0.2) is 6.61 Å². The van der Waals surface area contributed by atoms with E-state index in [4.69, 9.17) is 26.1 Å². The summed E-state index contributed by atoms with van der Waals surface area (Å²) < 4.78 is 11.7. The quantitative estimate of drug-likeness (QED) is 0.362. The van der Waals surface area contributed by atoms with E-state index in [2.05, 4.69) is 28.1 Å². The van der Waals surface area contributed by atoms with Gasteiger partial charge in [0.2, 0.25) is 5.91 Å². The Hall–Kier alpha value is -4.08. The molecule has 0 spiro atoms. The summed E-state index contributed by atoms with van der Waals surface area (Å²) in [6.07, 6.45) is 0. The lowest BCUT2D eigenvalue weighted by atomic mass is 10.1. The molecule has 5 rings (SSSR count). The van der Waals surface area contributed by atoms with Gasteiger partial charge in [-0.2, -0.15) is 0 Å². The van der Waals surface area contributed by atoms with Gasteiger partial charge in [-0.25, -0.2) is 4.99 Å². The van der Waals surface area contributed by atoms with Crippen LogP contribution in [-0.4, -0.2) is 72.9 Å². The largest absolute Gasteiger partial charge is 0.492 e. The Balaban J connectivity index is 1.33. The number of para-hydroxylation sites is 2. The van der Waals surface area contributed by atoms with Crippen molar-refractivity contribution in [2.75, 3.05) is 49.6 Å². The molecule has 0 bridgehead atoms. The first-order valence-electron chi connectivity index (χ1n) is 14.2. The molecule has 1 unspecified atom stereocenters. The monoisotopic (exact) mass is 589 g/mol. The van der Waals surface area contributed by atoms with Crippen LogP contribution in [0, 0.1) is 0 Å². The molecule has 9 nitrogen and oxygen atoms in total. The Morgan fingerprint density at radius 3 is 2.45 bits per heavy atom. The molecule has 0 saturated carbocycles. The number of aliphatic imine (C=N–C) groups is 1. The van der Waals surface area contributed by atoms with Gasteiger partial charge in [-0.1, -0.05) is 29.8 Å². The predicted molar refractivity (Wildman–Crippen MR) is 166 cm³/mol. The van der Waals surface area contributed by atoms with E-state index in [0.717, 1.165) is 28.5 Å². The molecule has 0 aliphatic carbocycles. The average Bonchev–Trinajstić information content (AvgIpc) is 3.00. The van der Waals surface area contributed by atoms with E-state index in [1.165, 1.54) is 6.92 Å². The van der Waals surface area contributed by atoms with Gasteiger partial charge in [0.1, 0.15) is 17.3 Å². The Bertz CT molecular complexity index is 1450. The van der Waals surface area contributed by atoms with Crippen LogP contribution in [0.3, 0.4) is 0 Å². The molecule has 0 radical (unpaired) electrons. The van der Waals surface area contributed by atoms with Crippen LogP contribution in [0.15, 0.2) is 71.7 Å². The molecule has 220 valence electrons. The van der Waals surface area contributed by atoms with Crippen LogP contribution in [0.25, 0.3) is 0 Å². The summed E-state index contributed by atoms with van der Waals surface area (Å²) in [6.45, 7) is 9.38. The van der Waals surface area contributed by atoms with Crippen molar-refractivity contribution in [2.45, 2.75) is 33.4 Å². The molecule has 2 heterocycles. The number of anilines is 2. The van der Waals surface area contributed by atoms with Gasteiger partial charge in [-0.15, -0.1) is 0 Å². The van der Waals surface area contributed by atoms with Crippen LogP contribution in [-0.2, 0) is 16.1 Å². The Labute approximate surface area is 251 Å². The number of fused-ring (bicyclic) bond motifs is 1. The summed E-state index contributed by atoms with van der Waals surface area (Å²) in [5.74, 6) is 2.14. The minimum atomic E-state index is -0.124. The first-order valence-corrected chi connectivity index (χ1v) is 14.6. The number of rotatable bonds is 9. The van der Waals surface area contributed by atoms with Crippen LogP contribution in [0.2, 0.25) is 5.02 Å².